The van der Waals surface area contributed by atoms with Gasteiger partial charge in [-0.1, -0.05) is 25.8 Å². The van der Waals surface area contributed by atoms with Gasteiger partial charge in [0.25, 0.3) is 5.91 Å². The van der Waals surface area contributed by atoms with E-state index in [0.29, 0.717) is 30.9 Å². The van der Waals surface area contributed by atoms with Crippen LogP contribution in [-0.2, 0) is 10.0 Å². The maximum atomic E-state index is 12.8. The highest BCUT2D eigenvalue weighted by molar-refractivity contribution is 7.89. The number of piperidine rings is 1. The van der Waals surface area contributed by atoms with Crippen molar-refractivity contribution < 1.29 is 17.9 Å². The third-order valence-corrected chi connectivity index (χ3v) is 6.82. The molecule has 1 amide bonds. The van der Waals surface area contributed by atoms with Crippen molar-refractivity contribution in [2.24, 2.45) is 0 Å². The molecule has 0 spiro atoms. The van der Waals surface area contributed by atoms with Crippen molar-refractivity contribution in [1.29, 1.82) is 0 Å². The molecule has 0 aliphatic carbocycles. The molecule has 0 unspecified atom stereocenters. The average Bonchev–Trinajstić information content (AvgIpc) is 2.75. The van der Waals surface area contributed by atoms with E-state index in [0.717, 1.165) is 37.9 Å². The fourth-order valence-electron chi connectivity index (χ4n) is 3.23. The zero-order chi connectivity index (χ0) is 20.7. The molecule has 2 aromatic carbocycles. The number of benzene rings is 2. The van der Waals surface area contributed by atoms with E-state index < -0.39 is 10.0 Å². The van der Waals surface area contributed by atoms with Crippen molar-refractivity contribution in [1.82, 2.24) is 4.31 Å². The predicted octanol–water partition coefficient (Wildman–Crippen LogP) is 4.29. The summed E-state index contributed by atoms with van der Waals surface area (Å²) in [5, 5.41) is 2.78. The number of hydrogen-bond acceptors (Lipinski definition) is 4. The van der Waals surface area contributed by atoms with E-state index in [9.17, 15) is 13.2 Å². The maximum Gasteiger partial charge on any atom is 0.255 e. The molecule has 1 N–H and O–H groups in total. The van der Waals surface area contributed by atoms with E-state index in [2.05, 4.69) is 12.2 Å². The molecule has 6 nitrogen and oxygen atoms in total. The quantitative estimate of drug-likeness (QED) is 0.651. The Labute approximate surface area is 172 Å². The minimum Gasteiger partial charge on any atom is -0.494 e. The molecule has 2 aromatic rings. The molecular weight excluding hydrogens is 388 g/mol. The van der Waals surface area contributed by atoms with Gasteiger partial charge in [0.2, 0.25) is 10.0 Å². The summed E-state index contributed by atoms with van der Waals surface area (Å²) in [5.41, 5.74) is 0.938. The normalized spacial score (nSPS) is 15.1. The van der Waals surface area contributed by atoms with E-state index in [-0.39, 0.29) is 10.8 Å². The van der Waals surface area contributed by atoms with Gasteiger partial charge in [0, 0.05) is 24.3 Å². The molecule has 29 heavy (non-hydrogen) atoms. The number of hydrogen-bond donors (Lipinski definition) is 1. The van der Waals surface area contributed by atoms with Gasteiger partial charge in [-0.05, 0) is 61.7 Å². The largest absolute Gasteiger partial charge is 0.494 e. The predicted molar refractivity (Wildman–Crippen MR) is 114 cm³/mol. The highest BCUT2D eigenvalue weighted by Gasteiger charge is 2.26. The van der Waals surface area contributed by atoms with E-state index in [1.54, 1.807) is 42.5 Å². The van der Waals surface area contributed by atoms with Gasteiger partial charge >= 0.3 is 0 Å². The van der Waals surface area contributed by atoms with Gasteiger partial charge in [-0.15, -0.1) is 0 Å². The summed E-state index contributed by atoms with van der Waals surface area (Å²) in [6.07, 6.45) is 4.87. The van der Waals surface area contributed by atoms with Crippen LogP contribution >= 0.6 is 0 Å². The van der Waals surface area contributed by atoms with Gasteiger partial charge in [-0.2, -0.15) is 4.31 Å². The minimum absolute atomic E-state index is 0.205. The second kappa shape index (κ2) is 9.89. The summed E-state index contributed by atoms with van der Waals surface area (Å²) >= 11 is 0. The van der Waals surface area contributed by atoms with Gasteiger partial charge in [0.05, 0.1) is 11.5 Å². The van der Waals surface area contributed by atoms with E-state index in [1.165, 1.54) is 10.4 Å². The maximum absolute atomic E-state index is 12.8. The van der Waals surface area contributed by atoms with Crippen molar-refractivity contribution in [3.63, 3.8) is 0 Å². The van der Waals surface area contributed by atoms with Crippen LogP contribution in [0.2, 0.25) is 0 Å². The molecule has 1 saturated heterocycles. The number of ether oxygens (including phenoxy) is 1. The summed E-state index contributed by atoms with van der Waals surface area (Å²) in [6.45, 7) is 3.85. The van der Waals surface area contributed by atoms with Crippen molar-refractivity contribution in [2.75, 3.05) is 25.0 Å². The first-order valence-electron chi connectivity index (χ1n) is 10.1. The van der Waals surface area contributed by atoms with E-state index in [4.69, 9.17) is 4.74 Å². The highest BCUT2D eigenvalue weighted by atomic mass is 32.2. The second-order valence-corrected chi connectivity index (χ2v) is 9.11. The summed E-state index contributed by atoms with van der Waals surface area (Å²) in [7, 11) is -3.54. The number of anilines is 1. The Balaban J connectivity index is 1.67. The number of nitrogens with zero attached hydrogens (tertiary/aromatic N) is 1. The summed E-state index contributed by atoms with van der Waals surface area (Å²) < 4.78 is 32.8. The number of carbonyl (C=O) groups is 1. The van der Waals surface area contributed by atoms with Gasteiger partial charge in [0.1, 0.15) is 5.75 Å². The van der Waals surface area contributed by atoms with Crippen LogP contribution in [0.5, 0.6) is 5.75 Å². The average molecular weight is 417 g/mol. The number of unbranched alkanes of at least 4 members (excludes halogenated alkanes) is 1. The van der Waals surface area contributed by atoms with Crippen molar-refractivity contribution in [2.45, 2.75) is 43.9 Å². The molecule has 7 heteroatoms. The first kappa shape index (κ1) is 21.3. The Bertz CT molecular complexity index is 920. The minimum atomic E-state index is -3.54. The lowest BCUT2D eigenvalue weighted by molar-refractivity contribution is 0.102. The topological polar surface area (TPSA) is 75.7 Å². The molecule has 1 aliphatic rings. The molecule has 156 valence electrons. The highest BCUT2D eigenvalue weighted by Crippen LogP contribution is 2.23. The van der Waals surface area contributed by atoms with Crippen LogP contribution in [0.3, 0.4) is 0 Å². The van der Waals surface area contributed by atoms with Crippen LogP contribution in [0.1, 0.15) is 49.4 Å². The van der Waals surface area contributed by atoms with Crippen molar-refractivity contribution in [3.05, 3.63) is 54.1 Å². The Morgan fingerprint density at radius 2 is 1.79 bits per heavy atom. The fourth-order valence-corrected chi connectivity index (χ4v) is 4.79. The molecule has 0 aromatic heterocycles. The lowest BCUT2D eigenvalue weighted by Crippen LogP contribution is -2.35. The van der Waals surface area contributed by atoms with Crippen LogP contribution in [0.15, 0.2) is 53.4 Å². The molecule has 1 aliphatic heterocycles. The Kier molecular flexibility index (Phi) is 7.28. The Hall–Kier alpha value is -2.38. The lowest BCUT2D eigenvalue weighted by Gasteiger charge is -2.26. The molecule has 3 rings (SSSR count). The molecule has 1 heterocycles. The number of amides is 1. The third-order valence-electron chi connectivity index (χ3n) is 4.93. The Morgan fingerprint density at radius 1 is 1.07 bits per heavy atom. The molecule has 0 atom stereocenters. The monoisotopic (exact) mass is 416 g/mol. The van der Waals surface area contributed by atoms with Gasteiger partial charge < -0.3 is 10.1 Å². The van der Waals surface area contributed by atoms with Gasteiger partial charge in [0.15, 0.2) is 0 Å². The third kappa shape index (κ3) is 5.58. The van der Waals surface area contributed by atoms with E-state index in [1.807, 2.05) is 0 Å². The first-order chi connectivity index (χ1) is 14.0. The lowest BCUT2D eigenvalue weighted by atomic mass is 10.2. The fraction of sp³-hybridized carbons (Fsp3) is 0.409. The number of sulfonamides is 1. The SMILES string of the molecule is CCCCOc1ccc(C(=O)Nc2cccc(S(=O)(=O)N3CCCCC3)c2)cc1. The molecule has 0 bridgehead atoms. The zero-order valence-electron chi connectivity index (χ0n) is 16.8. The standard InChI is InChI=1S/C22H28N2O4S/c1-2-3-16-28-20-12-10-18(11-13-20)22(25)23-19-8-7-9-21(17-19)29(26,27)24-14-5-4-6-15-24/h7-13,17H,2-6,14-16H2,1H3,(H,23,25). The smallest absolute Gasteiger partial charge is 0.255 e. The molecular formula is C22H28N2O4S. The van der Waals surface area contributed by atoms with Crippen LogP contribution < -0.4 is 10.1 Å². The number of carbonyl (C=O) groups excluding carboxylic acids is 1. The number of rotatable bonds is 8. The summed E-state index contributed by atoms with van der Waals surface area (Å²) in [5.74, 6) is 0.433. The second-order valence-electron chi connectivity index (χ2n) is 7.17. The van der Waals surface area contributed by atoms with E-state index >= 15 is 0 Å². The van der Waals surface area contributed by atoms with Crippen molar-refractivity contribution >= 4 is 21.6 Å². The zero-order valence-corrected chi connectivity index (χ0v) is 17.6. The van der Waals surface area contributed by atoms with Crippen LogP contribution in [0, 0.1) is 0 Å². The number of nitrogens with one attached hydrogen (secondary N) is 1. The Morgan fingerprint density at radius 3 is 2.48 bits per heavy atom. The van der Waals surface area contributed by atoms with Gasteiger partial charge in [-0.3, -0.25) is 4.79 Å². The van der Waals surface area contributed by atoms with Crippen LogP contribution in [-0.4, -0.2) is 38.3 Å². The summed E-state index contributed by atoms with van der Waals surface area (Å²) in [4.78, 5) is 12.7. The van der Waals surface area contributed by atoms with Gasteiger partial charge in [-0.25, -0.2) is 8.42 Å². The van der Waals surface area contributed by atoms with Crippen LogP contribution in [0.25, 0.3) is 0 Å². The summed E-state index contributed by atoms with van der Waals surface area (Å²) in [6, 6.07) is 13.4. The molecule has 0 radical (unpaired) electrons. The first-order valence-corrected chi connectivity index (χ1v) is 11.6. The van der Waals surface area contributed by atoms with Crippen LogP contribution in [0.4, 0.5) is 5.69 Å². The molecule has 0 saturated carbocycles. The van der Waals surface area contributed by atoms with Crippen molar-refractivity contribution in [3.8, 4) is 5.75 Å². The molecule has 1 fully saturated rings.